The fourth-order valence-corrected chi connectivity index (χ4v) is 25.3. The molecule has 0 saturated heterocycles. The molecule has 7 heteroatoms. The minimum atomic E-state index is -0.466. The summed E-state index contributed by atoms with van der Waals surface area (Å²) in [6.07, 6.45) is 0. The van der Waals surface area contributed by atoms with Crippen LogP contribution in [-0.2, 0) is 16.2 Å². The van der Waals surface area contributed by atoms with Crippen molar-refractivity contribution in [2.75, 3.05) is 14.7 Å². The number of nitrogens with zero attached hydrogens (tertiary/aromatic N) is 3. The lowest BCUT2D eigenvalue weighted by Gasteiger charge is -2.42. The van der Waals surface area contributed by atoms with Gasteiger partial charge >= 0.3 is 0 Å². The van der Waals surface area contributed by atoms with Crippen LogP contribution >= 0.6 is 35.3 Å². The average Bonchev–Trinajstić information content (AvgIpc) is 0.980. The highest BCUT2D eigenvalue weighted by molar-refractivity contribution is 8.00. The maximum absolute atomic E-state index is 6.12. The number of rotatable bonds is 16. The molecule has 0 amide bonds. The van der Waals surface area contributed by atoms with Gasteiger partial charge in [0.1, 0.15) is 11.5 Å². The molecule has 1 aliphatic carbocycles. The molecule has 678 valence electrons. The number of fused-ring (bicyclic) bond motifs is 11. The Hall–Kier alpha value is -16.4. The van der Waals surface area contributed by atoms with Gasteiger partial charge in [-0.3, -0.25) is 0 Å². The smallest absolute Gasteiger partial charge is 0.141 e. The third-order valence-electron chi connectivity index (χ3n) is 28.7. The maximum Gasteiger partial charge on any atom is 0.141 e. The Morgan fingerprint density at radius 3 is 1.11 bits per heavy atom. The minimum Gasteiger partial charge on any atom is -0.455 e. The Kier molecular flexibility index (Phi) is 23.5. The van der Waals surface area contributed by atoms with E-state index in [-0.39, 0.29) is 10.8 Å². The minimum absolute atomic E-state index is 0.0587. The van der Waals surface area contributed by atoms with Crippen LogP contribution in [0.1, 0.15) is 72.2 Å². The molecule has 4 nitrogen and oxygen atoms in total. The predicted octanol–water partition coefficient (Wildman–Crippen LogP) is 38.3. The molecule has 22 aromatic rings. The largest absolute Gasteiger partial charge is 0.455 e. The number of benzene rings is 22. The van der Waals surface area contributed by atoms with E-state index in [0.29, 0.717) is 0 Å². The van der Waals surface area contributed by atoms with Crippen LogP contribution < -0.4 is 19.4 Å². The van der Waals surface area contributed by atoms with E-state index in [9.17, 15) is 0 Å². The molecule has 4 aliphatic rings. The molecule has 0 saturated carbocycles. The van der Waals surface area contributed by atoms with Crippen molar-refractivity contribution in [2.45, 2.75) is 73.3 Å². The quantitative estimate of drug-likeness (QED) is 0.0948. The molecule has 0 fully saturated rings. The summed E-state index contributed by atoms with van der Waals surface area (Å²) < 4.78 is 6.12. The molecule has 0 unspecified atom stereocenters. The Labute approximate surface area is 844 Å². The molecule has 26 rings (SSSR count). The van der Waals surface area contributed by atoms with Gasteiger partial charge in [0.15, 0.2) is 0 Å². The fourth-order valence-electron chi connectivity index (χ4n) is 21.6. The van der Waals surface area contributed by atoms with E-state index in [2.05, 4.69) is 558 Å². The molecule has 22 aromatic carbocycles. The van der Waals surface area contributed by atoms with Crippen molar-refractivity contribution in [3.63, 3.8) is 0 Å². The highest BCUT2D eigenvalue weighted by atomic mass is 32.2. The zero-order chi connectivity index (χ0) is 95.3. The first-order valence-corrected chi connectivity index (χ1v) is 51.2. The van der Waals surface area contributed by atoms with Crippen LogP contribution in [0.5, 0.6) is 11.5 Å². The number of hydrogen-bond donors (Lipinski definition) is 0. The Bertz CT molecular complexity index is 8380. The predicted molar refractivity (Wildman–Crippen MR) is 599 cm³/mol. The molecule has 3 heterocycles. The van der Waals surface area contributed by atoms with Crippen LogP contribution in [0.3, 0.4) is 0 Å². The third kappa shape index (κ3) is 16.4. The standard InChI is InChI=1S/C53H37NS.C48H39NS.C34H23NOS/c1-4-15-38(16-5-1)39-27-32-45(33-28-39)54(50-25-14-18-41-17-10-11-23-47(41)50)46-34-29-40(30-35-46)42-31-36-52-49(37-42)53(43-19-6-2-7-20-43,44-21-8-3-9-22-44)48-24-12-13-26-51(48)55-52;1-47(2)41-17-9-8-15-39(41)40-30-29-37(31-44(40)47)49(35-25-21-33(22-26-35)32-13-6-5-7-14-32)36-27-23-34(24-28-36)38-16-12-19-43-46(38)50-45-20-11-10-18-42(45)48(43,3)4;1-2-11-27(12-3-1)35(30-14-8-10-25-9-4-5-13-29(25)30)28-20-17-24(18-21-28)26-19-22-32-34(23-26)37-33-16-7-6-15-31(33)36-32/h1-37H;5-31H,1-4H3;1-23H. The molecule has 0 radical (unpaired) electrons. The second-order valence-corrected chi connectivity index (χ2v) is 40.9. The first kappa shape index (κ1) is 88.3. The van der Waals surface area contributed by atoms with E-state index >= 15 is 0 Å². The zero-order valence-electron chi connectivity index (χ0n) is 79.2. The van der Waals surface area contributed by atoms with E-state index in [4.69, 9.17) is 4.74 Å². The molecular weight excluding hydrogens is 1780 g/mol. The zero-order valence-corrected chi connectivity index (χ0v) is 81.7. The topological polar surface area (TPSA) is 19.0 Å². The number of para-hydroxylation sites is 2. The summed E-state index contributed by atoms with van der Waals surface area (Å²) in [6, 6.07) is 191. The first-order chi connectivity index (χ1) is 69.9. The van der Waals surface area contributed by atoms with Gasteiger partial charge in [0.2, 0.25) is 0 Å². The molecular formula is C135H99N3OS3. The summed E-state index contributed by atoms with van der Waals surface area (Å²) in [4.78, 5) is 14.7. The molecule has 0 N–H and O–H groups in total. The Morgan fingerprint density at radius 2 is 0.542 bits per heavy atom. The summed E-state index contributed by atoms with van der Waals surface area (Å²) in [5.41, 5.74) is 35.1. The molecule has 0 atom stereocenters. The number of ether oxygens (including phenoxy) is 1. The molecule has 0 spiro atoms. The Morgan fingerprint density at radius 1 is 0.190 bits per heavy atom. The lowest BCUT2D eigenvalue weighted by atomic mass is 9.64. The van der Waals surface area contributed by atoms with Crippen molar-refractivity contribution >= 4 is 108 Å². The summed E-state index contributed by atoms with van der Waals surface area (Å²) in [5, 5.41) is 4.89. The van der Waals surface area contributed by atoms with Crippen LogP contribution in [0.2, 0.25) is 0 Å². The van der Waals surface area contributed by atoms with Crippen LogP contribution in [-0.4, -0.2) is 0 Å². The van der Waals surface area contributed by atoms with Gasteiger partial charge in [0, 0.05) is 81.0 Å². The van der Waals surface area contributed by atoms with Crippen LogP contribution in [0.15, 0.2) is 557 Å². The van der Waals surface area contributed by atoms with E-state index in [0.717, 1.165) is 72.5 Å². The second-order valence-electron chi connectivity index (χ2n) is 37.7. The SMILES string of the molecule is CC1(C)c2ccccc2-c2ccc(N(c3ccc(-c4ccccc4)cc3)c3ccc(-c4cccc5c4Sc4ccccc4C5(C)C)cc3)cc21.c1ccc(-c2ccc(N(c3ccc(-c4ccc5c(c4)C(c4ccccc4)(c4ccccc4)c4ccccc4S5)cc3)c3cccc4ccccc34)cc2)cc1.c1ccc(N(c2ccc(-c3ccc4c(c3)Sc3ccccc3O4)cc2)c2cccc3ccccc23)cc1. The van der Waals surface area contributed by atoms with Gasteiger partial charge in [-0.25, -0.2) is 0 Å². The molecule has 3 aliphatic heterocycles. The molecule has 142 heavy (non-hydrogen) atoms. The van der Waals surface area contributed by atoms with Gasteiger partial charge in [-0.05, 0) is 268 Å². The van der Waals surface area contributed by atoms with Crippen molar-refractivity contribution in [3.8, 4) is 78.3 Å². The lowest BCUT2D eigenvalue weighted by molar-refractivity contribution is 0.454. The van der Waals surface area contributed by atoms with Crippen LogP contribution in [0.4, 0.5) is 51.2 Å². The number of hydrogen-bond acceptors (Lipinski definition) is 7. The summed E-state index contributed by atoms with van der Waals surface area (Å²) in [6.45, 7) is 9.42. The van der Waals surface area contributed by atoms with Gasteiger partial charge in [0.25, 0.3) is 0 Å². The fraction of sp³-hybridized carbons (Fsp3) is 0.0519. The van der Waals surface area contributed by atoms with E-state index < -0.39 is 5.41 Å². The third-order valence-corrected chi connectivity index (χ3v) is 32.1. The average molecular weight is 1880 g/mol. The summed E-state index contributed by atoms with van der Waals surface area (Å²) >= 11 is 5.54. The van der Waals surface area contributed by atoms with E-state index in [1.54, 1.807) is 11.8 Å². The molecule has 0 aromatic heterocycles. The number of anilines is 9. The van der Waals surface area contributed by atoms with E-state index in [1.165, 1.54) is 152 Å². The van der Waals surface area contributed by atoms with Crippen molar-refractivity contribution in [3.05, 3.63) is 572 Å². The summed E-state index contributed by atoms with van der Waals surface area (Å²) in [7, 11) is 0. The van der Waals surface area contributed by atoms with E-state index in [1.807, 2.05) is 35.7 Å². The first-order valence-electron chi connectivity index (χ1n) is 48.7. The highest BCUT2D eigenvalue weighted by Crippen LogP contribution is 2.59. The monoisotopic (exact) mass is 1870 g/mol. The Balaban J connectivity index is 0.000000117. The van der Waals surface area contributed by atoms with Gasteiger partial charge in [-0.2, -0.15) is 0 Å². The van der Waals surface area contributed by atoms with Crippen molar-refractivity contribution < 1.29 is 4.74 Å². The normalized spacial score (nSPS) is 13.2. The van der Waals surface area contributed by atoms with Gasteiger partial charge in [-0.15, -0.1) is 0 Å². The molecule has 0 bridgehead atoms. The highest BCUT2D eigenvalue weighted by Gasteiger charge is 2.45. The van der Waals surface area contributed by atoms with Crippen molar-refractivity contribution in [1.82, 2.24) is 0 Å². The van der Waals surface area contributed by atoms with Crippen molar-refractivity contribution in [2.24, 2.45) is 0 Å². The van der Waals surface area contributed by atoms with Gasteiger partial charge in [-0.1, -0.05) is 445 Å². The second kappa shape index (κ2) is 37.7. The van der Waals surface area contributed by atoms with Gasteiger partial charge in [0.05, 0.1) is 26.6 Å². The van der Waals surface area contributed by atoms with Gasteiger partial charge < -0.3 is 19.4 Å². The summed E-state index contributed by atoms with van der Waals surface area (Å²) in [5.74, 6) is 1.84. The maximum atomic E-state index is 6.12. The van der Waals surface area contributed by atoms with Crippen LogP contribution in [0.25, 0.3) is 88.3 Å². The van der Waals surface area contributed by atoms with Crippen LogP contribution in [0, 0.1) is 0 Å². The lowest BCUT2D eigenvalue weighted by Crippen LogP contribution is -2.34. The van der Waals surface area contributed by atoms with Crippen molar-refractivity contribution in [1.29, 1.82) is 0 Å².